The SMILES string of the molecule is CCCCOC(C)(C(=O)O)c1cccc(C)c1. The number of ether oxygens (including phenoxy) is 1. The molecular weight excluding hydrogens is 216 g/mol. The van der Waals surface area contributed by atoms with Crippen LogP contribution in [-0.4, -0.2) is 17.7 Å². The smallest absolute Gasteiger partial charge is 0.340 e. The lowest BCUT2D eigenvalue weighted by molar-refractivity contribution is -0.165. The Balaban J connectivity index is 2.95. The molecule has 3 heteroatoms. The largest absolute Gasteiger partial charge is 0.479 e. The van der Waals surface area contributed by atoms with E-state index in [9.17, 15) is 9.90 Å². The van der Waals surface area contributed by atoms with Crippen molar-refractivity contribution in [3.63, 3.8) is 0 Å². The molecule has 0 bridgehead atoms. The minimum atomic E-state index is -1.25. The first kappa shape index (κ1) is 13.7. The van der Waals surface area contributed by atoms with Crippen molar-refractivity contribution in [1.29, 1.82) is 0 Å². The Morgan fingerprint density at radius 3 is 2.71 bits per heavy atom. The summed E-state index contributed by atoms with van der Waals surface area (Å²) in [5.41, 5.74) is 0.483. The molecule has 1 unspecified atom stereocenters. The molecule has 17 heavy (non-hydrogen) atoms. The van der Waals surface area contributed by atoms with Crippen LogP contribution in [0.3, 0.4) is 0 Å². The van der Waals surface area contributed by atoms with Gasteiger partial charge in [0.1, 0.15) is 0 Å². The van der Waals surface area contributed by atoms with E-state index in [2.05, 4.69) is 0 Å². The van der Waals surface area contributed by atoms with Crippen LogP contribution in [0.2, 0.25) is 0 Å². The van der Waals surface area contributed by atoms with Gasteiger partial charge in [-0.25, -0.2) is 4.79 Å². The highest BCUT2D eigenvalue weighted by Gasteiger charge is 2.36. The van der Waals surface area contributed by atoms with Gasteiger partial charge in [0.25, 0.3) is 0 Å². The summed E-state index contributed by atoms with van der Waals surface area (Å²) in [6, 6.07) is 7.46. The fourth-order valence-electron chi connectivity index (χ4n) is 1.63. The van der Waals surface area contributed by atoms with Crippen LogP contribution in [0.5, 0.6) is 0 Å². The first-order chi connectivity index (χ1) is 8.00. The Bertz CT molecular complexity index is 387. The number of carboxylic acid groups (broad SMARTS) is 1. The molecule has 94 valence electrons. The van der Waals surface area contributed by atoms with Gasteiger partial charge in [0.2, 0.25) is 0 Å². The van der Waals surface area contributed by atoms with Crippen molar-refractivity contribution in [3.05, 3.63) is 35.4 Å². The van der Waals surface area contributed by atoms with E-state index >= 15 is 0 Å². The Hall–Kier alpha value is -1.35. The molecule has 1 aromatic carbocycles. The topological polar surface area (TPSA) is 46.5 Å². The average Bonchev–Trinajstić information content (AvgIpc) is 2.29. The molecule has 1 atom stereocenters. The van der Waals surface area contributed by atoms with Crippen LogP contribution in [0.1, 0.15) is 37.8 Å². The maximum absolute atomic E-state index is 11.4. The number of carbonyl (C=O) groups is 1. The molecule has 0 fully saturated rings. The van der Waals surface area contributed by atoms with Crippen molar-refractivity contribution < 1.29 is 14.6 Å². The summed E-state index contributed by atoms with van der Waals surface area (Å²) in [4.78, 5) is 11.4. The number of aliphatic carboxylic acids is 1. The molecule has 1 aromatic rings. The fraction of sp³-hybridized carbons (Fsp3) is 0.500. The summed E-state index contributed by atoms with van der Waals surface area (Å²) in [5, 5.41) is 9.35. The van der Waals surface area contributed by atoms with E-state index in [1.54, 1.807) is 13.0 Å². The van der Waals surface area contributed by atoms with Crippen LogP contribution in [0.25, 0.3) is 0 Å². The van der Waals surface area contributed by atoms with Crippen molar-refractivity contribution in [2.75, 3.05) is 6.61 Å². The minimum absolute atomic E-state index is 0.466. The second kappa shape index (κ2) is 5.82. The van der Waals surface area contributed by atoms with Gasteiger partial charge >= 0.3 is 5.97 Å². The van der Waals surface area contributed by atoms with Gasteiger partial charge in [0.05, 0.1) is 0 Å². The lowest BCUT2D eigenvalue weighted by Crippen LogP contribution is -2.36. The summed E-state index contributed by atoms with van der Waals surface area (Å²) < 4.78 is 5.57. The fourth-order valence-corrected chi connectivity index (χ4v) is 1.63. The van der Waals surface area contributed by atoms with Crippen LogP contribution in [0, 0.1) is 6.92 Å². The van der Waals surface area contributed by atoms with Gasteiger partial charge in [-0.2, -0.15) is 0 Å². The molecule has 0 saturated heterocycles. The molecule has 0 amide bonds. The number of hydrogen-bond acceptors (Lipinski definition) is 2. The van der Waals surface area contributed by atoms with Gasteiger partial charge in [0, 0.05) is 6.61 Å². The first-order valence-corrected chi connectivity index (χ1v) is 5.95. The summed E-state index contributed by atoms with van der Waals surface area (Å²) in [6.45, 7) is 6.07. The Kier molecular flexibility index (Phi) is 4.70. The second-order valence-corrected chi connectivity index (χ2v) is 4.41. The summed E-state index contributed by atoms with van der Waals surface area (Å²) >= 11 is 0. The average molecular weight is 236 g/mol. The minimum Gasteiger partial charge on any atom is -0.479 e. The molecule has 0 radical (unpaired) electrons. The van der Waals surface area contributed by atoms with E-state index in [4.69, 9.17) is 4.74 Å². The third kappa shape index (κ3) is 3.30. The lowest BCUT2D eigenvalue weighted by Gasteiger charge is -2.26. The number of rotatable bonds is 6. The standard InChI is InChI=1S/C14H20O3/c1-4-5-9-17-14(3,13(15)16)12-8-6-7-11(2)10-12/h6-8,10H,4-5,9H2,1-3H3,(H,15,16). The molecular formula is C14H20O3. The number of benzene rings is 1. The molecule has 0 heterocycles. The van der Waals surface area contributed by atoms with E-state index in [0.29, 0.717) is 12.2 Å². The van der Waals surface area contributed by atoms with Crippen LogP contribution in [0.15, 0.2) is 24.3 Å². The molecule has 0 saturated carbocycles. The Morgan fingerprint density at radius 1 is 1.47 bits per heavy atom. The number of hydrogen-bond donors (Lipinski definition) is 1. The molecule has 0 aliphatic heterocycles. The molecule has 1 rings (SSSR count). The zero-order valence-corrected chi connectivity index (χ0v) is 10.7. The zero-order valence-electron chi connectivity index (χ0n) is 10.7. The predicted molar refractivity (Wildman–Crippen MR) is 67.0 cm³/mol. The quantitative estimate of drug-likeness (QED) is 0.772. The van der Waals surface area contributed by atoms with E-state index < -0.39 is 11.6 Å². The van der Waals surface area contributed by atoms with Gasteiger partial charge in [-0.15, -0.1) is 0 Å². The number of carboxylic acids is 1. The maximum Gasteiger partial charge on any atom is 0.340 e. The molecule has 0 aliphatic rings. The van der Waals surface area contributed by atoms with Gasteiger partial charge in [-0.05, 0) is 25.8 Å². The molecule has 0 spiro atoms. The van der Waals surface area contributed by atoms with Gasteiger partial charge in [-0.3, -0.25) is 0 Å². The Morgan fingerprint density at radius 2 is 2.18 bits per heavy atom. The monoisotopic (exact) mass is 236 g/mol. The van der Waals surface area contributed by atoms with Crippen LogP contribution in [0.4, 0.5) is 0 Å². The van der Waals surface area contributed by atoms with E-state index in [1.165, 1.54) is 0 Å². The molecule has 0 aliphatic carbocycles. The lowest BCUT2D eigenvalue weighted by atomic mass is 9.94. The maximum atomic E-state index is 11.4. The number of aryl methyl sites for hydroxylation is 1. The van der Waals surface area contributed by atoms with Crippen LogP contribution in [-0.2, 0) is 15.1 Å². The molecule has 0 aromatic heterocycles. The van der Waals surface area contributed by atoms with Gasteiger partial charge in [0.15, 0.2) is 5.60 Å². The molecule has 3 nitrogen and oxygen atoms in total. The molecule has 1 N–H and O–H groups in total. The third-order valence-corrected chi connectivity index (χ3v) is 2.87. The van der Waals surface area contributed by atoms with Crippen molar-refractivity contribution in [2.24, 2.45) is 0 Å². The van der Waals surface area contributed by atoms with Crippen molar-refractivity contribution in [1.82, 2.24) is 0 Å². The van der Waals surface area contributed by atoms with Crippen LogP contribution < -0.4 is 0 Å². The van der Waals surface area contributed by atoms with Gasteiger partial charge in [-0.1, -0.05) is 43.2 Å². The third-order valence-electron chi connectivity index (χ3n) is 2.87. The summed E-state index contributed by atoms with van der Waals surface area (Å²) in [6.07, 6.45) is 1.86. The van der Waals surface area contributed by atoms with E-state index in [-0.39, 0.29) is 0 Å². The summed E-state index contributed by atoms with van der Waals surface area (Å²) in [5.74, 6) is -0.945. The van der Waals surface area contributed by atoms with Gasteiger partial charge < -0.3 is 9.84 Å². The second-order valence-electron chi connectivity index (χ2n) is 4.41. The van der Waals surface area contributed by atoms with Crippen molar-refractivity contribution in [2.45, 2.75) is 39.2 Å². The summed E-state index contributed by atoms with van der Waals surface area (Å²) in [7, 11) is 0. The predicted octanol–water partition coefficient (Wildman–Crippen LogP) is 3.11. The van der Waals surface area contributed by atoms with Crippen molar-refractivity contribution >= 4 is 5.97 Å². The van der Waals surface area contributed by atoms with E-state index in [1.807, 2.05) is 32.0 Å². The highest BCUT2D eigenvalue weighted by Crippen LogP contribution is 2.26. The van der Waals surface area contributed by atoms with Crippen LogP contribution >= 0.6 is 0 Å². The first-order valence-electron chi connectivity index (χ1n) is 5.95. The van der Waals surface area contributed by atoms with Crippen molar-refractivity contribution in [3.8, 4) is 0 Å². The highest BCUT2D eigenvalue weighted by atomic mass is 16.5. The number of unbranched alkanes of at least 4 members (excludes halogenated alkanes) is 1. The zero-order chi connectivity index (χ0) is 12.9. The van der Waals surface area contributed by atoms with E-state index in [0.717, 1.165) is 18.4 Å². The Labute approximate surface area is 102 Å². The normalized spacial score (nSPS) is 14.3. The highest BCUT2D eigenvalue weighted by molar-refractivity contribution is 5.79.